The second kappa shape index (κ2) is 13.6. The number of fused-ring (bicyclic) bond motifs is 2. The zero-order chi connectivity index (χ0) is 31.6. The Morgan fingerprint density at radius 3 is 2.71 bits per heavy atom. The van der Waals surface area contributed by atoms with Gasteiger partial charge >= 0.3 is 5.97 Å². The fourth-order valence-electron chi connectivity index (χ4n) is 6.24. The average molecular weight is 652 g/mol. The van der Waals surface area contributed by atoms with Crippen molar-refractivity contribution in [2.75, 3.05) is 52.8 Å². The van der Waals surface area contributed by atoms with Gasteiger partial charge in [-0.3, -0.25) is 14.4 Å². The van der Waals surface area contributed by atoms with Crippen LogP contribution >= 0.6 is 11.6 Å². The van der Waals surface area contributed by atoms with E-state index in [1.165, 1.54) is 17.7 Å². The van der Waals surface area contributed by atoms with Crippen LogP contribution in [0.4, 0.5) is 0 Å². The van der Waals surface area contributed by atoms with Crippen molar-refractivity contribution in [3.8, 4) is 23.1 Å². The van der Waals surface area contributed by atoms with Crippen molar-refractivity contribution >= 4 is 27.6 Å². The van der Waals surface area contributed by atoms with E-state index in [9.17, 15) is 13.2 Å². The van der Waals surface area contributed by atoms with Gasteiger partial charge in [0.25, 0.3) is 0 Å². The summed E-state index contributed by atoms with van der Waals surface area (Å²) in [5, 5.41) is 8.80. The highest BCUT2D eigenvalue weighted by Crippen LogP contribution is 2.33. The number of hydrogen-bond acceptors (Lipinski definition) is 8. The largest absolute Gasteiger partial charge is 0.468 e. The van der Waals surface area contributed by atoms with E-state index >= 15 is 0 Å². The van der Waals surface area contributed by atoms with Gasteiger partial charge in [-0.05, 0) is 48.2 Å². The first-order valence-corrected chi connectivity index (χ1v) is 17.5. The molecule has 1 fully saturated rings. The Kier molecular flexibility index (Phi) is 9.61. The molecule has 0 unspecified atom stereocenters. The highest BCUT2D eigenvalue weighted by atomic mass is 35.5. The molecule has 4 heterocycles. The van der Waals surface area contributed by atoms with Gasteiger partial charge in [-0.25, -0.2) is 8.42 Å². The highest BCUT2D eigenvalue weighted by molar-refractivity contribution is 7.88. The number of sulfonamides is 1. The standard InChI is InChI=1S/C33H38ClN5O5S/c1-43-33(40)30-20-24-6-4-23(18-27(24)21-35-30)5-7-25-19-26(8-9-29(25)34)32-28-22-38(45(2,41)42)13-10-31(28)39(36-32)12-3-11-37-14-16-44-17-15-37/h4,6,8-9,18-19,30,35H,3,10-17,20-22H2,1-2H3/t30-/m1/s1. The van der Waals surface area contributed by atoms with Crippen LogP contribution in [0.25, 0.3) is 11.3 Å². The summed E-state index contributed by atoms with van der Waals surface area (Å²) in [7, 11) is -1.95. The van der Waals surface area contributed by atoms with Crippen LogP contribution in [0, 0.1) is 11.8 Å². The third kappa shape index (κ3) is 7.27. The molecule has 0 amide bonds. The number of benzene rings is 2. The number of morpholine rings is 1. The van der Waals surface area contributed by atoms with Crippen molar-refractivity contribution in [3.05, 3.63) is 74.9 Å². The maximum atomic E-state index is 12.5. The zero-order valence-electron chi connectivity index (χ0n) is 25.6. The Labute approximate surface area is 269 Å². The van der Waals surface area contributed by atoms with Gasteiger partial charge in [-0.15, -0.1) is 0 Å². The fourth-order valence-corrected chi connectivity index (χ4v) is 7.20. The van der Waals surface area contributed by atoms with Crippen LogP contribution in [0.1, 0.15) is 39.9 Å². The van der Waals surface area contributed by atoms with Crippen LogP contribution in [-0.4, -0.2) is 92.2 Å². The molecule has 1 N–H and O–H groups in total. The first-order valence-electron chi connectivity index (χ1n) is 15.3. The Morgan fingerprint density at radius 1 is 1.11 bits per heavy atom. The molecule has 0 radical (unpaired) electrons. The maximum absolute atomic E-state index is 12.5. The van der Waals surface area contributed by atoms with Crippen LogP contribution in [0.3, 0.4) is 0 Å². The fraction of sp³-hybridized carbons (Fsp3) is 0.455. The summed E-state index contributed by atoms with van der Waals surface area (Å²) in [4.78, 5) is 14.4. The predicted octanol–water partition coefficient (Wildman–Crippen LogP) is 2.83. The summed E-state index contributed by atoms with van der Waals surface area (Å²) in [6.45, 7) is 6.44. The molecule has 0 bridgehead atoms. The Hall–Kier alpha value is -3.24. The van der Waals surface area contributed by atoms with Gasteiger partial charge in [-0.2, -0.15) is 9.40 Å². The maximum Gasteiger partial charge on any atom is 0.323 e. The number of ether oxygens (including phenoxy) is 2. The molecule has 1 atom stereocenters. The Balaban J connectivity index is 1.26. The molecule has 6 rings (SSSR count). The van der Waals surface area contributed by atoms with Crippen molar-refractivity contribution in [1.82, 2.24) is 24.3 Å². The highest BCUT2D eigenvalue weighted by Gasteiger charge is 2.30. The van der Waals surface area contributed by atoms with Crippen molar-refractivity contribution in [1.29, 1.82) is 0 Å². The number of rotatable bonds is 7. The summed E-state index contributed by atoms with van der Waals surface area (Å²) >= 11 is 6.62. The summed E-state index contributed by atoms with van der Waals surface area (Å²) in [6.07, 6.45) is 3.39. The van der Waals surface area contributed by atoms with Crippen molar-refractivity contribution in [2.45, 2.75) is 44.9 Å². The number of halogens is 1. The molecule has 2 aromatic carbocycles. The van der Waals surface area contributed by atoms with Crippen molar-refractivity contribution in [2.24, 2.45) is 0 Å². The molecule has 0 aliphatic carbocycles. The van der Waals surface area contributed by atoms with Crippen LogP contribution < -0.4 is 5.32 Å². The van der Waals surface area contributed by atoms with Gasteiger partial charge in [0.2, 0.25) is 10.0 Å². The molecular formula is C33H38ClN5O5S. The molecule has 0 spiro atoms. The second-order valence-electron chi connectivity index (χ2n) is 11.7. The molecule has 12 heteroatoms. The number of hydrogen-bond donors (Lipinski definition) is 1. The lowest BCUT2D eigenvalue weighted by Crippen LogP contribution is -2.42. The Bertz CT molecular complexity index is 1760. The minimum absolute atomic E-state index is 0.262. The topological polar surface area (TPSA) is 106 Å². The number of methoxy groups -OCH3 is 1. The van der Waals surface area contributed by atoms with E-state index in [1.54, 1.807) is 0 Å². The van der Waals surface area contributed by atoms with E-state index < -0.39 is 10.0 Å². The van der Waals surface area contributed by atoms with Crippen molar-refractivity contribution < 1.29 is 22.7 Å². The normalized spacial score (nSPS) is 18.9. The number of carbonyl (C=O) groups excluding carboxylic acids is 1. The molecule has 10 nitrogen and oxygen atoms in total. The second-order valence-corrected chi connectivity index (χ2v) is 14.1. The summed E-state index contributed by atoms with van der Waals surface area (Å²) < 4.78 is 38.9. The summed E-state index contributed by atoms with van der Waals surface area (Å²) in [6, 6.07) is 11.4. The molecule has 1 aromatic heterocycles. The van der Waals surface area contributed by atoms with E-state index in [2.05, 4.69) is 26.7 Å². The van der Waals surface area contributed by atoms with Gasteiger partial charge in [0, 0.05) is 80.2 Å². The number of carbonyl (C=O) groups is 1. The summed E-state index contributed by atoms with van der Waals surface area (Å²) in [5.74, 6) is 6.23. The molecule has 238 valence electrons. The van der Waals surface area contributed by atoms with Gasteiger partial charge < -0.3 is 14.8 Å². The van der Waals surface area contributed by atoms with Crippen LogP contribution in [0.15, 0.2) is 36.4 Å². The van der Waals surface area contributed by atoms with E-state index in [4.69, 9.17) is 26.2 Å². The molecule has 3 aliphatic rings. The molecule has 45 heavy (non-hydrogen) atoms. The van der Waals surface area contributed by atoms with Gasteiger partial charge in [-0.1, -0.05) is 35.6 Å². The molecule has 3 aliphatic heterocycles. The third-order valence-corrected chi connectivity index (χ3v) is 10.3. The summed E-state index contributed by atoms with van der Waals surface area (Å²) in [5.41, 5.74) is 7.36. The number of nitrogens with zero attached hydrogens (tertiary/aromatic N) is 4. The van der Waals surface area contributed by atoms with Crippen LogP contribution in [0.5, 0.6) is 0 Å². The zero-order valence-corrected chi connectivity index (χ0v) is 27.2. The smallest absolute Gasteiger partial charge is 0.323 e. The van der Waals surface area contributed by atoms with Crippen molar-refractivity contribution in [3.63, 3.8) is 0 Å². The van der Waals surface area contributed by atoms with Gasteiger partial charge in [0.05, 0.1) is 37.3 Å². The molecule has 3 aromatic rings. The molecule has 1 saturated heterocycles. The van der Waals surface area contributed by atoms with Gasteiger partial charge in [0.1, 0.15) is 6.04 Å². The molecule has 0 saturated carbocycles. The van der Waals surface area contributed by atoms with Crippen LogP contribution in [-0.2, 0) is 56.8 Å². The number of aromatic nitrogens is 2. The first-order chi connectivity index (χ1) is 21.7. The van der Waals surface area contributed by atoms with E-state index in [0.717, 1.165) is 85.0 Å². The lowest BCUT2D eigenvalue weighted by atomic mass is 9.94. The minimum Gasteiger partial charge on any atom is -0.468 e. The monoisotopic (exact) mass is 651 g/mol. The lowest BCUT2D eigenvalue weighted by molar-refractivity contribution is -0.143. The number of nitrogens with one attached hydrogen (secondary N) is 1. The van der Waals surface area contributed by atoms with Gasteiger partial charge in [0.15, 0.2) is 0 Å². The van der Waals surface area contributed by atoms with Crippen LogP contribution in [0.2, 0.25) is 5.02 Å². The predicted molar refractivity (Wildman–Crippen MR) is 172 cm³/mol. The quantitative estimate of drug-likeness (QED) is 0.307. The van der Waals surface area contributed by atoms with E-state index in [1.807, 2.05) is 36.4 Å². The first kappa shape index (κ1) is 31.7. The Morgan fingerprint density at radius 2 is 1.93 bits per heavy atom. The van der Waals surface area contributed by atoms with E-state index in [0.29, 0.717) is 36.5 Å². The lowest BCUT2D eigenvalue weighted by Gasteiger charge is -2.27. The molecular weight excluding hydrogens is 614 g/mol. The average Bonchev–Trinajstić information content (AvgIpc) is 3.41. The minimum atomic E-state index is -3.35. The third-order valence-electron chi connectivity index (χ3n) is 8.75. The van der Waals surface area contributed by atoms with E-state index in [-0.39, 0.29) is 18.6 Å². The number of esters is 1. The SMILES string of the molecule is COC(=O)[C@H]1Cc2ccc(C#Cc3cc(-c4nn(CCCN5CCOCC5)c5c4CN(S(C)(=O)=O)CC5)ccc3Cl)cc2CN1. The number of aryl methyl sites for hydroxylation is 1.